The van der Waals surface area contributed by atoms with Gasteiger partial charge in [-0.25, -0.2) is 4.98 Å². The molecule has 0 amide bonds. The average molecular weight is 797 g/mol. The standard InChI is InChI=1S/C59H44N2O/c1-5-13-41(14-6-1)43-21-24-48(25-22-43)59-60-57-38-32-47-23-26-50(40-56(47)58(57)62-59)54-37-31-49(39-55(54)46-17-9-3-10-18-46)45-29-35-53(36-30-45)61(51-19-11-4-12-20-51)52-33-27-44(28-34-52)42-15-7-2-8-16-42/h1-11,13-17,19,21-40,46H,12,18,20H2. The topological polar surface area (TPSA) is 29.3 Å². The summed E-state index contributed by atoms with van der Waals surface area (Å²) in [7, 11) is 0. The van der Waals surface area contributed by atoms with Crippen molar-refractivity contribution in [3.63, 3.8) is 0 Å². The van der Waals surface area contributed by atoms with Gasteiger partial charge in [0, 0.05) is 33.9 Å². The van der Waals surface area contributed by atoms with Crippen LogP contribution in [-0.2, 0) is 0 Å². The Morgan fingerprint density at radius 1 is 0.500 bits per heavy atom. The van der Waals surface area contributed by atoms with E-state index in [1.54, 1.807) is 0 Å². The Morgan fingerprint density at radius 3 is 1.74 bits per heavy atom. The largest absolute Gasteiger partial charge is 0.435 e. The molecule has 1 atom stereocenters. The van der Waals surface area contributed by atoms with Gasteiger partial charge in [0.15, 0.2) is 5.58 Å². The fourth-order valence-corrected chi connectivity index (χ4v) is 9.05. The average Bonchev–Trinajstić information content (AvgIpc) is 3.81. The SMILES string of the molecule is C1=CCCC(N(c2ccc(-c3ccccc3)cc2)c2ccc(-c3ccc(-c4ccc5ccc6nc(-c7ccc(-c8ccccc8)cc7)oc6c5c4)c(C4C=CC=CC4)c3)cc2)=C1. The summed E-state index contributed by atoms with van der Waals surface area (Å²) in [4.78, 5) is 7.37. The molecule has 11 rings (SSSR count). The zero-order chi connectivity index (χ0) is 41.2. The van der Waals surface area contributed by atoms with Gasteiger partial charge in [-0.1, -0.05) is 164 Å². The maximum absolute atomic E-state index is 6.60. The van der Waals surface area contributed by atoms with Crippen LogP contribution in [0.1, 0.15) is 30.7 Å². The van der Waals surface area contributed by atoms with Crippen molar-refractivity contribution in [1.29, 1.82) is 0 Å². The van der Waals surface area contributed by atoms with Crippen molar-refractivity contribution in [2.45, 2.75) is 25.2 Å². The lowest BCUT2D eigenvalue weighted by atomic mass is 9.84. The van der Waals surface area contributed by atoms with Gasteiger partial charge < -0.3 is 9.32 Å². The summed E-state index contributed by atoms with van der Waals surface area (Å²) in [6.45, 7) is 0. The molecule has 3 heteroatoms. The van der Waals surface area contributed by atoms with E-state index in [-0.39, 0.29) is 5.92 Å². The molecule has 1 unspecified atom stereocenters. The molecule has 0 saturated heterocycles. The molecule has 0 aliphatic heterocycles. The Kier molecular flexibility index (Phi) is 9.84. The molecule has 296 valence electrons. The van der Waals surface area contributed by atoms with Gasteiger partial charge in [0.25, 0.3) is 0 Å². The normalized spacial score (nSPS) is 14.6. The highest BCUT2D eigenvalue weighted by atomic mass is 16.3. The highest BCUT2D eigenvalue weighted by Gasteiger charge is 2.20. The van der Waals surface area contributed by atoms with Gasteiger partial charge in [-0.15, -0.1) is 0 Å². The summed E-state index contributed by atoms with van der Waals surface area (Å²) in [6.07, 6.45) is 18.6. The van der Waals surface area contributed by atoms with E-state index in [2.05, 4.69) is 223 Å². The third kappa shape index (κ3) is 7.29. The number of fused-ring (bicyclic) bond motifs is 3. The summed E-state index contributed by atoms with van der Waals surface area (Å²) < 4.78 is 6.60. The molecule has 0 spiro atoms. The summed E-state index contributed by atoms with van der Waals surface area (Å²) in [5.41, 5.74) is 17.1. The van der Waals surface area contributed by atoms with Crippen LogP contribution in [0.15, 0.2) is 235 Å². The Morgan fingerprint density at radius 2 is 1.10 bits per heavy atom. The van der Waals surface area contributed by atoms with E-state index in [0.717, 1.165) is 58.1 Å². The molecule has 1 aromatic heterocycles. The van der Waals surface area contributed by atoms with E-state index < -0.39 is 0 Å². The first-order valence-corrected chi connectivity index (χ1v) is 21.6. The van der Waals surface area contributed by atoms with Gasteiger partial charge >= 0.3 is 0 Å². The predicted octanol–water partition coefficient (Wildman–Crippen LogP) is 16.3. The Hall–Kier alpha value is -7.75. The second kappa shape index (κ2) is 16.4. The first-order valence-electron chi connectivity index (χ1n) is 21.6. The smallest absolute Gasteiger partial charge is 0.227 e. The van der Waals surface area contributed by atoms with Crippen LogP contribution in [0.25, 0.3) is 77.8 Å². The number of nitrogens with zero attached hydrogens (tertiary/aromatic N) is 2. The molecule has 2 aliphatic rings. The molecule has 0 bridgehead atoms. The van der Waals surface area contributed by atoms with Gasteiger partial charge in [0.1, 0.15) is 5.52 Å². The Labute approximate surface area is 363 Å². The zero-order valence-corrected chi connectivity index (χ0v) is 34.4. The molecular formula is C59H44N2O. The van der Waals surface area contributed by atoms with E-state index in [1.807, 2.05) is 6.07 Å². The van der Waals surface area contributed by atoms with Crippen molar-refractivity contribution in [3.05, 3.63) is 236 Å². The third-order valence-corrected chi connectivity index (χ3v) is 12.3. The number of allylic oxidation sites excluding steroid dienone is 8. The molecule has 0 fully saturated rings. The van der Waals surface area contributed by atoms with Gasteiger partial charge in [0.05, 0.1) is 0 Å². The number of rotatable bonds is 9. The summed E-state index contributed by atoms with van der Waals surface area (Å²) in [5.74, 6) is 0.890. The summed E-state index contributed by atoms with van der Waals surface area (Å²) >= 11 is 0. The molecule has 62 heavy (non-hydrogen) atoms. The highest BCUT2D eigenvalue weighted by molar-refractivity contribution is 6.05. The van der Waals surface area contributed by atoms with Gasteiger partial charge in [-0.2, -0.15) is 0 Å². The third-order valence-electron chi connectivity index (χ3n) is 12.3. The zero-order valence-electron chi connectivity index (χ0n) is 34.4. The number of anilines is 2. The first kappa shape index (κ1) is 37.3. The number of hydrogen-bond donors (Lipinski definition) is 0. The Bertz CT molecular complexity index is 3170. The van der Waals surface area contributed by atoms with Crippen molar-refractivity contribution in [3.8, 4) is 56.0 Å². The van der Waals surface area contributed by atoms with Crippen LogP contribution >= 0.6 is 0 Å². The van der Waals surface area contributed by atoms with E-state index in [4.69, 9.17) is 9.40 Å². The number of aromatic nitrogens is 1. The minimum Gasteiger partial charge on any atom is -0.435 e. The maximum Gasteiger partial charge on any atom is 0.227 e. The lowest BCUT2D eigenvalue weighted by Crippen LogP contribution is -2.17. The van der Waals surface area contributed by atoms with Crippen molar-refractivity contribution in [2.75, 3.05) is 4.90 Å². The fourth-order valence-electron chi connectivity index (χ4n) is 9.05. The molecule has 9 aromatic rings. The monoisotopic (exact) mass is 796 g/mol. The van der Waals surface area contributed by atoms with E-state index in [9.17, 15) is 0 Å². The second-order valence-corrected chi connectivity index (χ2v) is 16.2. The van der Waals surface area contributed by atoms with Crippen LogP contribution in [-0.4, -0.2) is 4.98 Å². The van der Waals surface area contributed by atoms with Crippen LogP contribution in [0.5, 0.6) is 0 Å². The van der Waals surface area contributed by atoms with Crippen molar-refractivity contribution >= 4 is 33.2 Å². The fraction of sp³-hybridized carbons (Fsp3) is 0.0678. The minimum absolute atomic E-state index is 0.261. The van der Waals surface area contributed by atoms with Crippen LogP contribution in [0, 0.1) is 0 Å². The molecule has 2 aliphatic carbocycles. The number of oxazole rings is 1. The van der Waals surface area contributed by atoms with Crippen LogP contribution in [0.3, 0.4) is 0 Å². The second-order valence-electron chi connectivity index (χ2n) is 16.2. The van der Waals surface area contributed by atoms with Gasteiger partial charge in [-0.3, -0.25) is 0 Å². The van der Waals surface area contributed by atoms with Crippen molar-refractivity contribution in [1.82, 2.24) is 4.98 Å². The predicted molar refractivity (Wildman–Crippen MR) is 259 cm³/mol. The molecule has 8 aromatic carbocycles. The Balaban J connectivity index is 0.929. The number of hydrogen-bond acceptors (Lipinski definition) is 3. The highest BCUT2D eigenvalue weighted by Crippen LogP contribution is 2.41. The quantitative estimate of drug-likeness (QED) is 0.146. The molecule has 0 N–H and O–H groups in total. The molecule has 1 heterocycles. The van der Waals surface area contributed by atoms with Crippen LogP contribution in [0.4, 0.5) is 11.4 Å². The van der Waals surface area contributed by atoms with E-state index >= 15 is 0 Å². The van der Waals surface area contributed by atoms with Crippen LogP contribution < -0.4 is 4.90 Å². The summed E-state index contributed by atoms with van der Waals surface area (Å²) in [6, 6.07) is 65.5. The molecule has 0 radical (unpaired) electrons. The van der Waals surface area contributed by atoms with Crippen molar-refractivity contribution in [2.24, 2.45) is 0 Å². The first-order chi connectivity index (χ1) is 30.7. The van der Waals surface area contributed by atoms with Gasteiger partial charge in [0.2, 0.25) is 5.89 Å². The maximum atomic E-state index is 6.60. The van der Waals surface area contributed by atoms with Crippen LogP contribution in [0.2, 0.25) is 0 Å². The van der Waals surface area contributed by atoms with E-state index in [1.165, 1.54) is 55.8 Å². The van der Waals surface area contributed by atoms with Crippen molar-refractivity contribution < 1.29 is 4.42 Å². The van der Waals surface area contributed by atoms with Gasteiger partial charge in [-0.05, 0) is 135 Å². The number of benzene rings is 8. The summed E-state index contributed by atoms with van der Waals surface area (Å²) in [5, 5.41) is 2.19. The lowest BCUT2D eigenvalue weighted by molar-refractivity contribution is 0.623. The molecule has 3 nitrogen and oxygen atoms in total. The molecular weight excluding hydrogens is 753 g/mol. The van der Waals surface area contributed by atoms with E-state index in [0.29, 0.717) is 5.89 Å². The lowest BCUT2D eigenvalue weighted by Gasteiger charge is -2.29. The minimum atomic E-state index is 0.261. The molecule has 0 saturated carbocycles.